The number of nitrogens with zero attached hydrogens (tertiary/aromatic N) is 1. The van der Waals surface area contributed by atoms with E-state index in [0.717, 1.165) is 11.3 Å². The zero-order valence-corrected chi connectivity index (χ0v) is 31.5. The van der Waals surface area contributed by atoms with Crippen LogP contribution in [0.4, 0.5) is 0 Å². The molecule has 0 bridgehead atoms. The van der Waals surface area contributed by atoms with E-state index in [4.69, 9.17) is 4.98 Å². The zero-order chi connectivity index (χ0) is 31.8. The molecular weight excluding hydrogens is 698 g/mol. The molecule has 42 heavy (non-hydrogen) atoms. The van der Waals surface area contributed by atoms with Gasteiger partial charge in [0.2, 0.25) is 0 Å². The Hall–Kier alpha value is -1.73. The van der Waals surface area contributed by atoms with Crippen molar-refractivity contribution in [2.75, 3.05) is 0 Å². The van der Waals surface area contributed by atoms with Crippen LogP contribution < -0.4 is 0 Å². The summed E-state index contributed by atoms with van der Waals surface area (Å²) in [5.74, 6) is 0.104. The molecule has 2 aromatic rings. The van der Waals surface area contributed by atoms with Crippen molar-refractivity contribution < 1.29 is 31.0 Å². The average Bonchev–Trinajstić information content (AvgIpc) is 3.05. The standard InChI is InChI=1S/C27H36N.C11H20O2.Pt/c1-23(2)16-24(3,4)21-15-28-22(14-19(21)23)17-11-12-18-20(13-17)26(7,8)27(9,10)25(18,5)6;1-10(2,3)8(12)7-9(13)11(4,5)6;/h12-15H,16H2,1-10H3;7,12H,1-6H3;/q-1;;. The van der Waals surface area contributed by atoms with Crippen molar-refractivity contribution >= 4 is 5.78 Å². The second-order valence-corrected chi connectivity index (χ2v) is 17.5. The molecule has 2 aliphatic carbocycles. The fourth-order valence-electron chi connectivity index (χ4n) is 6.68. The van der Waals surface area contributed by atoms with Crippen molar-refractivity contribution in [3.05, 3.63) is 64.6 Å². The number of allylic oxidation sites excluding steroid dienone is 2. The van der Waals surface area contributed by atoms with Crippen LogP contribution in [-0.2, 0) is 47.5 Å². The SMILES string of the molecule is CC(C)(C)C(=O)C=C(O)C(C)(C)C.CC1(C)CC(C)(C)c2cc(-c3[c-]cc4c(c3)C(C)(C)C(C)(C)C4(C)C)ncc21.[Pt]. The van der Waals surface area contributed by atoms with E-state index in [0.29, 0.717) is 0 Å². The second kappa shape index (κ2) is 11.0. The third-order valence-electron chi connectivity index (χ3n) is 10.7. The minimum atomic E-state index is -0.417. The number of hydrogen-bond donors (Lipinski definition) is 1. The van der Waals surface area contributed by atoms with Crippen LogP contribution in [0.25, 0.3) is 11.3 Å². The van der Waals surface area contributed by atoms with Gasteiger partial charge in [-0.1, -0.05) is 117 Å². The second-order valence-electron chi connectivity index (χ2n) is 17.5. The maximum Gasteiger partial charge on any atom is 0.164 e. The number of aliphatic hydroxyl groups excluding tert-OH is 1. The van der Waals surface area contributed by atoms with E-state index in [-0.39, 0.29) is 65.1 Å². The summed E-state index contributed by atoms with van der Waals surface area (Å²) in [4.78, 5) is 16.4. The summed E-state index contributed by atoms with van der Waals surface area (Å²) in [6.07, 6.45) is 4.63. The summed E-state index contributed by atoms with van der Waals surface area (Å²) in [5.41, 5.74) is 7.97. The molecule has 3 nitrogen and oxygen atoms in total. The summed E-state index contributed by atoms with van der Waals surface area (Å²) < 4.78 is 0. The van der Waals surface area contributed by atoms with E-state index < -0.39 is 5.41 Å². The first kappa shape index (κ1) is 36.5. The van der Waals surface area contributed by atoms with Crippen molar-refractivity contribution in [3.8, 4) is 11.3 Å². The molecular formula is C38H56NO2Pt-. The van der Waals surface area contributed by atoms with Crippen molar-refractivity contribution in [1.29, 1.82) is 0 Å². The van der Waals surface area contributed by atoms with Crippen LogP contribution in [0.3, 0.4) is 0 Å². The third-order valence-corrected chi connectivity index (χ3v) is 10.7. The van der Waals surface area contributed by atoms with Gasteiger partial charge in [0.15, 0.2) is 5.78 Å². The molecule has 1 aromatic carbocycles. The van der Waals surface area contributed by atoms with Gasteiger partial charge in [-0.3, -0.25) is 4.79 Å². The largest absolute Gasteiger partial charge is 0.512 e. The monoisotopic (exact) mass is 753 g/mol. The van der Waals surface area contributed by atoms with Gasteiger partial charge in [-0.25, -0.2) is 0 Å². The van der Waals surface area contributed by atoms with E-state index in [1.165, 1.54) is 34.8 Å². The van der Waals surface area contributed by atoms with E-state index in [9.17, 15) is 9.90 Å². The van der Waals surface area contributed by atoms with Gasteiger partial charge in [-0.15, -0.1) is 34.9 Å². The molecule has 0 spiro atoms. The Labute approximate surface area is 271 Å². The Morgan fingerprint density at radius 1 is 0.786 bits per heavy atom. The smallest absolute Gasteiger partial charge is 0.164 e. The molecule has 0 amide bonds. The Morgan fingerprint density at radius 2 is 1.29 bits per heavy atom. The average molecular weight is 754 g/mol. The van der Waals surface area contributed by atoms with Gasteiger partial charge in [-0.2, -0.15) is 0 Å². The molecule has 1 N–H and O–H groups in total. The number of benzene rings is 1. The molecule has 4 heteroatoms. The van der Waals surface area contributed by atoms with Crippen LogP contribution >= 0.6 is 0 Å². The van der Waals surface area contributed by atoms with E-state index in [1.54, 1.807) is 0 Å². The first-order valence-corrected chi connectivity index (χ1v) is 15.2. The van der Waals surface area contributed by atoms with E-state index >= 15 is 0 Å². The van der Waals surface area contributed by atoms with Crippen molar-refractivity contribution in [1.82, 2.24) is 4.98 Å². The Morgan fingerprint density at radius 3 is 1.79 bits per heavy atom. The number of rotatable bonds is 2. The normalized spacial score (nSPS) is 20.9. The first-order chi connectivity index (χ1) is 18.2. The Bertz CT molecular complexity index is 1370. The number of fused-ring (bicyclic) bond motifs is 2. The van der Waals surface area contributed by atoms with Crippen molar-refractivity contribution in [2.24, 2.45) is 16.2 Å². The molecule has 4 rings (SSSR count). The van der Waals surface area contributed by atoms with Gasteiger partial charge < -0.3 is 10.1 Å². The predicted octanol–water partition coefficient (Wildman–Crippen LogP) is 10.2. The summed E-state index contributed by atoms with van der Waals surface area (Å²) in [7, 11) is 0. The number of hydrogen-bond acceptors (Lipinski definition) is 3. The van der Waals surface area contributed by atoms with Gasteiger partial charge in [-0.05, 0) is 50.3 Å². The zero-order valence-electron chi connectivity index (χ0n) is 29.2. The summed E-state index contributed by atoms with van der Waals surface area (Å²) in [6, 6.07) is 10.5. The fraction of sp³-hybridized carbons (Fsp3) is 0.632. The van der Waals surface area contributed by atoms with Crippen LogP contribution in [0.15, 0.2) is 36.2 Å². The topological polar surface area (TPSA) is 50.2 Å². The number of aromatic nitrogens is 1. The van der Waals surface area contributed by atoms with Crippen LogP contribution in [0.1, 0.15) is 139 Å². The molecule has 0 radical (unpaired) electrons. The number of pyridine rings is 1. The van der Waals surface area contributed by atoms with E-state index in [2.05, 4.69) is 99.7 Å². The van der Waals surface area contributed by atoms with Crippen molar-refractivity contribution in [2.45, 2.75) is 139 Å². The molecule has 236 valence electrons. The molecule has 2 aliphatic rings. The Kier molecular flexibility index (Phi) is 9.56. The summed E-state index contributed by atoms with van der Waals surface area (Å²) in [5, 5.41) is 9.56. The van der Waals surface area contributed by atoms with Crippen molar-refractivity contribution in [3.63, 3.8) is 0 Å². The number of carbonyl (C=O) groups is 1. The fourth-order valence-corrected chi connectivity index (χ4v) is 6.68. The first-order valence-electron chi connectivity index (χ1n) is 15.2. The molecule has 0 fully saturated rings. The maximum absolute atomic E-state index is 11.5. The number of aliphatic hydroxyl groups is 1. The van der Waals surface area contributed by atoms with Gasteiger partial charge in [0.05, 0.1) is 0 Å². The summed E-state index contributed by atoms with van der Waals surface area (Å²) >= 11 is 0. The summed E-state index contributed by atoms with van der Waals surface area (Å²) in [6.45, 7) is 34.9. The van der Waals surface area contributed by atoms with Gasteiger partial charge in [0.1, 0.15) is 5.76 Å². The molecule has 0 unspecified atom stereocenters. The van der Waals surface area contributed by atoms with Crippen LogP contribution in [0, 0.1) is 22.3 Å². The molecule has 1 heterocycles. The van der Waals surface area contributed by atoms with Crippen LogP contribution in [-0.4, -0.2) is 15.9 Å². The molecule has 0 saturated heterocycles. The molecule has 0 atom stereocenters. The number of ketones is 1. The quantitative estimate of drug-likeness (QED) is 0.189. The van der Waals surface area contributed by atoms with Gasteiger partial charge in [0, 0.05) is 44.2 Å². The molecule has 0 aliphatic heterocycles. The van der Waals surface area contributed by atoms with Gasteiger partial charge in [0.25, 0.3) is 0 Å². The molecule has 0 saturated carbocycles. The minimum absolute atomic E-state index is 0. The third kappa shape index (κ3) is 6.24. The predicted molar refractivity (Wildman–Crippen MR) is 174 cm³/mol. The number of carbonyl (C=O) groups excluding carboxylic acids is 1. The van der Waals surface area contributed by atoms with Gasteiger partial charge >= 0.3 is 0 Å². The van der Waals surface area contributed by atoms with Crippen LogP contribution in [0.2, 0.25) is 0 Å². The van der Waals surface area contributed by atoms with Crippen LogP contribution in [0.5, 0.6) is 0 Å². The van der Waals surface area contributed by atoms with E-state index in [1.807, 2.05) is 41.5 Å². The molecule has 1 aromatic heterocycles. The maximum atomic E-state index is 11.5. The minimum Gasteiger partial charge on any atom is -0.512 e. The Balaban J connectivity index is 0.000000377.